The maximum Gasteiger partial charge on any atom is 0.235 e. The van der Waals surface area contributed by atoms with Crippen LogP contribution in [0, 0.1) is 10.1 Å². The Labute approximate surface area is 75.6 Å². The first-order valence-corrected chi connectivity index (χ1v) is 4.47. The quantitative estimate of drug-likeness (QED) is 0.583. The molecule has 0 aliphatic heterocycles. The maximum absolute atomic E-state index is 9.91. The van der Waals surface area contributed by atoms with Crippen LogP contribution >= 0.6 is 27.3 Å². The molecule has 11 heavy (non-hydrogen) atoms. The van der Waals surface area contributed by atoms with Crippen molar-refractivity contribution in [3.05, 3.63) is 37.1 Å². The van der Waals surface area contributed by atoms with Crippen LogP contribution in [0.25, 0.3) is 6.08 Å². The molecule has 0 spiro atoms. The summed E-state index contributed by atoms with van der Waals surface area (Å²) in [6.07, 6.45) is 2.38. The molecule has 0 amide bonds. The Balaban J connectivity index is 2.79. The molecule has 5 heteroatoms. The van der Waals surface area contributed by atoms with E-state index in [1.807, 2.05) is 10.8 Å². The van der Waals surface area contributed by atoms with Crippen LogP contribution in [0.3, 0.4) is 0 Å². The van der Waals surface area contributed by atoms with Gasteiger partial charge in [0.2, 0.25) is 6.20 Å². The Bertz CT molecular complexity index is 295. The van der Waals surface area contributed by atoms with Crippen molar-refractivity contribution in [2.75, 3.05) is 0 Å². The second kappa shape index (κ2) is 3.64. The molecule has 3 nitrogen and oxygen atoms in total. The first-order chi connectivity index (χ1) is 5.20. The Hall–Kier alpha value is -0.680. The standard InChI is InChI=1S/C6H4BrNO2S/c7-6-4-11-3-5(6)1-2-8(9)10/h1-4H. The number of rotatable bonds is 2. The summed E-state index contributed by atoms with van der Waals surface area (Å²) in [5, 5.41) is 13.6. The molecule has 0 saturated heterocycles. The van der Waals surface area contributed by atoms with E-state index < -0.39 is 4.92 Å². The minimum absolute atomic E-state index is 0.482. The van der Waals surface area contributed by atoms with Crippen LogP contribution in [0.15, 0.2) is 21.4 Å². The highest BCUT2D eigenvalue weighted by Gasteiger charge is 1.96. The van der Waals surface area contributed by atoms with Crippen molar-refractivity contribution < 1.29 is 4.92 Å². The van der Waals surface area contributed by atoms with Crippen molar-refractivity contribution in [3.63, 3.8) is 0 Å². The molecule has 0 N–H and O–H groups in total. The average molecular weight is 234 g/mol. The van der Waals surface area contributed by atoms with Gasteiger partial charge in [-0.1, -0.05) is 0 Å². The Kier molecular flexibility index (Phi) is 2.78. The summed E-state index contributed by atoms with van der Waals surface area (Å²) in [5.41, 5.74) is 0.840. The zero-order chi connectivity index (χ0) is 8.27. The van der Waals surface area contributed by atoms with Crippen molar-refractivity contribution in [2.45, 2.75) is 0 Å². The maximum atomic E-state index is 9.91. The number of halogens is 1. The van der Waals surface area contributed by atoms with Gasteiger partial charge < -0.3 is 0 Å². The molecule has 0 unspecified atom stereocenters. The van der Waals surface area contributed by atoms with Crippen LogP contribution in [-0.4, -0.2) is 4.92 Å². The predicted molar refractivity (Wildman–Crippen MR) is 48.0 cm³/mol. The average Bonchev–Trinajstić information content (AvgIpc) is 2.31. The largest absolute Gasteiger partial charge is 0.259 e. The molecular formula is C6H4BrNO2S. The van der Waals surface area contributed by atoms with Gasteiger partial charge in [0, 0.05) is 21.5 Å². The first-order valence-electron chi connectivity index (χ1n) is 2.73. The third kappa shape index (κ3) is 2.44. The molecule has 1 aromatic heterocycles. The zero-order valence-corrected chi connectivity index (χ0v) is 7.76. The van der Waals surface area contributed by atoms with Crippen LogP contribution in [0.5, 0.6) is 0 Å². The van der Waals surface area contributed by atoms with E-state index in [4.69, 9.17) is 0 Å². The van der Waals surface area contributed by atoms with Crippen LogP contribution in [0.2, 0.25) is 0 Å². The molecule has 0 radical (unpaired) electrons. The summed E-state index contributed by atoms with van der Waals surface area (Å²) < 4.78 is 0.889. The zero-order valence-electron chi connectivity index (χ0n) is 5.36. The Morgan fingerprint density at radius 2 is 2.36 bits per heavy atom. The number of thiophene rings is 1. The van der Waals surface area contributed by atoms with E-state index in [0.29, 0.717) is 0 Å². The monoisotopic (exact) mass is 233 g/mol. The van der Waals surface area contributed by atoms with Gasteiger partial charge in [-0.3, -0.25) is 10.1 Å². The number of nitro groups is 1. The molecule has 1 rings (SSSR count). The van der Waals surface area contributed by atoms with E-state index in [1.165, 1.54) is 17.4 Å². The fourth-order valence-electron chi connectivity index (χ4n) is 0.551. The van der Waals surface area contributed by atoms with E-state index in [1.54, 1.807) is 0 Å². The third-order valence-corrected chi connectivity index (χ3v) is 2.77. The summed E-state index contributed by atoms with van der Waals surface area (Å²) in [5.74, 6) is 0. The van der Waals surface area contributed by atoms with Crippen LogP contribution in [-0.2, 0) is 0 Å². The van der Waals surface area contributed by atoms with E-state index in [-0.39, 0.29) is 0 Å². The molecule has 0 aliphatic rings. The minimum atomic E-state index is -0.482. The smallest absolute Gasteiger partial charge is 0.235 e. The highest BCUT2D eigenvalue weighted by molar-refractivity contribution is 9.10. The van der Waals surface area contributed by atoms with Crippen molar-refractivity contribution in [1.29, 1.82) is 0 Å². The van der Waals surface area contributed by atoms with Crippen molar-refractivity contribution in [1.82, 2.24) is 0 Å². The normalized spacial score (nSPS) is 10.6. The fraction of sp³-hybridized carbons (Fsp3) is 0. The Morgan fingerprint density at radius 1 is 1.64 bits per heavy atom. The lowest BCUT2D eigenvalue weighted by Crippen LogP contribution is -1.81. The molecule has 1 heterocycles. The molecule has 0 aromatic carbocycles. The second-order valence-electron chi connectivity index (χ2n) is 1.78. The van der Waals surface area contributed by atoms with Gasteiger partial charge in [-0.05, 0) is 21.3 Å². The fourth-order valence-corrected chi connectivity index (χ4v) is 1.95. The highest BCUT2D eigenvalue weighted by atomic mass is 79.9. The third-order valence-electron chi connectivity index (χ3n) is 1.02. The van der Waals surface area contributed by atoms with Gasteiger partial charge >= 0.3 is 0 Å². The minimum Gasteiger partial charge on any atom is -0.259 e. The molecule has 0 fully saturated rings. The van der Waals surface area contributed by atoms with Crippen molar-refractivity contribution >= 4 is 33.3 Å². The molecule has 0 aliphatic carbocycles. The molecule has 58 valence electrons. The summed E-state index contributed by atoms with van der Waals surface area (Å²) in [4.78, 5) is 9.43. The van der Waals surface area contributed by atoms with Gasteiger partial charge in [-0.2, -0.15) is 11.3 Å². The first kappa shape index (κ1) is 8.42. The van der Waals surface area contributed by atoms with Gasteiger partial charge in [0.15, 0.2) is 0 Å². The molecular weight excluding hydrogens is 230 g/mol. The lowest BCUT2D eigenvalue weighted by atomic mass is 10.3. The van der Waals surface area contributed by atoms with Crippen LogP contribution in [0.4, 0.5) is 0 Å². The molecule has 1 aromatic rings. The predicted octanol–water partition coefficient (Wildman–Crippen LogP) is 2.76. The summed E-state index contributed by atoms with van der Waals surface area (Å²) in [6, 6.07) is 0. The highest BCUT2D eigenvalue weighted by Crippen LogP contribution is 2.22. The molecule has 0 atom stereocenters. The number of hydrogen-bond donors (Lipinski definition) is 0. The second-order valence-corrected chi connectivity index (χ2v) is 3.37. The van der Waals surface area contributed by atoms with Gasteiger partial charge in [0.25, 0.3) is 0 Å². The SMILES string of the molecule is O=[N+]([O-])C=Cc1cscc1Br. The van der Waals surface area contributed by atoms with E-state index in [0.717, 1.165) is 16.2 Å². The Morgan fingerprint density at radius 3 is 2.82 bits per heavy atom. The topological polar surface area (TPSA) is 43.1 Å². The lowest BCUT2D eigenvalue weighted by Gasteiger charge is -1.83. The lowest BCUT2D eigenvalue weighted by molar-refractivity contribution is -0.400. The van der Waals surface area contributed by atoms with Crippen molar-refractivity contribution in [3.8, 4) is 0 Å². The van der Waals surface area contributed by atoms with Crippen LogP contribution in [0.1, 0.15) is 5.56 Å². The molecule has 0 saturated carbocycles. The van der Waals surface area contributed by atoms with Gasteiger partial charge in [-0.25, -0.2) is 0 Å². The van der Waals surface area contributed by atoms with E-state index in [2.05, 4.69) is 15.9 Å². The number of nitrogens with zero attached hydrogens (tertiary/aromatic N) is 1. The summed E-state index contributed by atoms with van der Waals surface area (Å²) in [6.45, 7) is 0. The van der Waals surface area contributed by atoms with E-state index >= 15 is 0 Å². The van der Waals surface area contributed by atoms with Crippen molar-refractivity contribution in [2.24, 2.45) is 0 Å². The number of hydrogen-bond acceptors (Lipinski definition) is 3. The van der Waals surface area contributed by atoms with Gasteiger partial charge in [0.1, 0.15) is 0 Å². The van der Waals surface area contributed by atoms with E-state index in [9.17, 15) is 10.1 Å². The summed E-state index contributed by atoms with van der Waals surface area (Å²) in [7, 11) is 0. The van der Waals surface area contributed by atoms with Gasteiger partial charge in [-0.15, -0.1) is 0 Å². The molecule has 0 bridgehead atoms. The summed E-state index contributed by atoms with van der Waals surface area (Å²) >= 11 is 4.75. The van der Waals surface area contributed by atoms with Crippen LogP contribution < -0.4 is 0 Å². The van der Waals surface area contributed by atoms with Gasteiger partial charge in [0.05, 0.1) is 4.92 Å².